The second-order valence-corrected chi connectivity index (χ2v) is 5.41. The van der Waals surface area contributed by atoms with Gasteiger partial charge in [-0.25, -0.2) is 0 Å². The fourth-order valence-corrected chi connectivity index (χ4v) is 2.82. The Labute approximate surface area is 121 Å². The minimum atomic E-state index is 0.264. The molecule has 4 heteroatoms. The van der Waals surface area contributed by atoms with Crippen molar-refractivity contribution in [3.63, 3.8) is 0 Å². The topological polar surface area (TPSA) is 49.6 Å². The maximum atomic E-state index is 12.4. The van der Waals surface area contributed by atoms with Gasteiger partial charge < -0.3 is 10.6 Å². The van der Waals surface area contributed by atoms with Gasteiger partial charge in [0.25, 0.3) is 0 Å². The summed E-state index contributed by atoms with van der Waals surface area (Å²) < 4.78 is 0. The SMILES string of the molecule is CCC1CN(CCN)CCC(=O)N1Cc1ccccc1. The quantitative estimate of drug-likeness (QED) is 0.885. The number of carbonyl (C=O) groups is 1. The molecule has 0 bridgehead atoms. The second kappa shape index (κ2) is 7.41. The highest BCUT2D eigenvalue weighted by atomic mass is 16.2. The summed E-state index contributed by atoms with van der Waals surface area (Å²) in [5.41, 5.74) is 6.85. The first kappa shape index (κ1) is 15.0. The summed E-state index contributed by atoms with van der Waals surface area (Å²) in [6.45, 7) is 6.17. The van der Waals surface area contributed by atoms with Gasteiger partial charge in [0, 0.05) is 45.2 Å². The maximum absolute atomic E-state index is 12.4. The van der Waals surface area contributed by atoms with Crippen molar-refractivity contribution >= 4 is 5.91 Å². The van der Waals surface area contributed by atoms with Gasteiger partial charge in [0.2, 0.25) is 5.91 Å². The van der Waals surface area contributed by atoms with E-state index in [1.165, 1.54) is 5.56 Å². The van der Waals surface area contributed by atoms with Crippen LogP contribution in [-0.2, 0) is 11.3 Å². The smallest absolute Gasteiger partial charge is 0.224 e. The number of hydrogen-bond donors (Lipinski definition) is 1. The van der Waals surface area contributed by atoms with Crippen LogP contribution in [-0.4, -0.2) is 47.9 Å². The Morgan fingerprint density at radius 1 is 1.30 bits per heavy atom. The van der Waals surface area contributed by atoms with E-state index >= 15 is 0 Å². The van der Waals surface area contributed by atoms with Gasteiger partial charge in [-0.1, -0.05) is 37.3 Å². The van der Waals surface area contributed by atoms with Crippen LogP contribution in [0.2, 0.25) is 0 Å². The zero-order chi connectivity index (χ0) is 14.4. The molecule has 1 unspecified atom stereocenters. The molecule has 0 spiro atoms. The van der Waals surface area contributed by atoms with Gasteiger partial charge >= 0.3 is 0 Å². The van der Waals surface area contributed by atoms with Crippen molar-refractivity contribution in [2.24, 2.45) is 5.73 Å². The summed E-state index contributed by atoms with van der Waals surface area (Å²) in [4.78, 5) is 16.8. The number of rotatable bonds is 5. The number of benzene rings is 1. The van der Waals surface area contributed by atoms with Gasteiger partial charge in [-0.3, -0.25) is 9.69 Å². The average molecular weight is 275 g/mol. The molecule has 0 radical (unpaired) electrons. The number of nitrogens with two attached hydrogens (primary N) is 1. The molecule has 4 nitrogen and oxygen atoms in total. The number of nitrogens with zero attached hydrogens (tertiary/aromatic N) is 2. The van der Waals surface area contributed by atoms with E-state index in [9.17, 15) is 4.79 Å². The van der Waals surface area contributed by atoms with E-state index in [0.717, 1.165) is 26.1 Å². The molecule has 0 aliphatic carbocycles. The van der Waals surface area contributed by atoms with Crippen LogP contribution in [0.5, 0.6) is 0 Å². The van der Waals surface area contributed by atoms with Crippen LogP contribution in [0.1, 0.15) is 25.3 Å². The molecule has 1 aromatic rings. The lowest BCUT2D eigenvalue weighted by Gasteiger charge is -2.31. The first-order valence-corrected chi connectivity index (χ1v) is 7.50. The van der Waals surface area contributed by atoms with Gasteiger partial charge in [0.05, 0.1) is 0 Å². The Kier molecular flexibility index (Phi) is 5.56. The molecule has 2 N–H and O–H groups in total. The third-order valence-corrected chi connectivity index (χ3v) is 3.98. The predicted octanol–water partition coefficient (Wildman–Crippen LogP) is 1.46. The van der Waals surface area contributed by atoms with E-state index in [2.05, 4.69) is 24.0 Å². The van der Waals surface area contributed by atoms with E-state index in [-0.39, 0.29) is 11.9 Å². The predicted molar refractivity (Wildman–Crippen MR) is 81.2 cm³/mol. The second-order valence-electron chi connectivity index (χ2n) is 5.41. The largest absolute Gasteiger partial charge is 0.334 e. The summed E-state index contributed by atoms with van der Waals surface area (Å²) >= 11 is 0. The summed E-state index contributed by atoms with van der Waals surface area (Å²) in [6.07, 6.45) is 1.59. The zero-order valence-corrected chi connectivity index (χ0v) is 12.3. The van der Waals surface area contributed by atoms with Gasteiger partial charge in [-0.05, 0) is 12.0 Å². The highest BCUT2D eigenvalue weighted by Crippen LogP contribution is 2.17. The van der Waals surface area contributed by atoms with Crippen LogP contribution < -0.4 is 5.73 Å². The van der Waals surface area contributed by atoms with Crippen LogP contribution in [0.15, 0.2) is 30.3 Å². The summed E-state index contributed by atoms with van der Waals surface area (Å²) in [5.74, 6) is 0.264. The molecule has 110 valence electrons. The van der Waals surface area contributed by atoms with Crippen molar-refractivity contribution in [1.29, 1.82) is 0 Å². The normalized spacial score (nSPS) is 21.0. The average Bonchev–Trinajstić information content (AvgIpc) is 2.62. The van der Waals surface area contributed by atoms with Gasteiger partial charge in [-0.15, -0.1) is 0 Å². The Morgan fingerprint density at radius 3 is 2.70 bits per heavy atom. The van der Waals surface area contributed by atoms with E-state index in [0.29, 0.717) is 19.5 Å². The van der Waals surface area contributed by atoms with Crippen LogP contribution in [0.25, 0.3) is 0 Å². The lowest BCUT2D eigenvalue weighted by atomic mass is 10.1. The Morgan fingerprint density at radius 2 is 2.05 bits per heavy atom. The van der Waals surface area contributed by atoms with Gasteiger partial charge in [0.1, 0.15) is 0 Å². The van der Waals surface area contributed by atoms with Crippen LogP contribution >= 0.6 is 0 Å². The summed E-state index contributed by atoms with van der Waals surface area (Å²) in [6, 6.07) is 10.5. The molecular weight excluding hydrogens is 250 g/mol. The summed E-state index contributed by atoms with van der Waals surface area (Å²) in [7, 11) is 0. The minimum Gasteiger partial charge on any atom is -0.334 e. The van der Waals surface area contributed by atoms with E-state index in [1.54, 1.807) is 0 Å². The monoisotopic (exact) mass is 275 g/mol. The fraction of sp³-hybridized carbons (Fsp3) is 0.562. The van der Waals surface area contributed by atoms with Gasteiger partial charge in [0.15, 0.2) is 0 Å². The fourth-order valence-electron chi connectivity index (χ4n) is 2.82. The van der Waals surface area contributed by atoms with E-state index in [1.807, 2.05) is 23.1 Å². The van der Waals surface area contributed by atoms with Gasteiger partial charge in [-0.2, -0.15) is 0 Å². The first-order valence-electron chi connectivity index (χ1n) is 7.50. The van der Waals surface area contributed by atoms with Crippen LogP contribution in [0.3, 0.4) is 0 Å². The lowest BCUT2D eigenvalue weighted by molar-refractivity contribution is -0.133. The number of amides is 1. The molecule has 1 aliphatic heterocycles. The van der Waals surface area contributed by atoms with Crippen molar-refractivity contribution in [2.45, 2.75) is 32.4 Å². The van der Waals surface area contributed by atoms with Crippen molar-refractivity contribution in [1.82, 2.24) is 9.80 Å². The minimum absolute atomic E-state index is 0.264. The molecule has 1 saturated heterocycles. The van der Waals surface area contributed by atoms with Crippen molar-refractivity contribution < 1.29 is 4.79 Å². The third kappa shape index (κ3) is 3.81. The van der Waals surface area contributed by atoms with Crippen LogP contribution in [0, 0.1) is 0 Å². The van der Waals surface area contributed by atoms with Crippen molar-refractivity contribution in [2.75, 3.05) is 26.2 Å². The molecule has 1 amide bonds. The molecule has 20 heavy (non-hydrogen) atoms. The zero-order valence-electron chi connectivity index (χ0n) is 12.3. The Bertz CT molecular complexity index is 421. The molecule has 1 aromatic carbocycles. The molecular formula is C16H25N3O. The lowest BCUT2D eigenvalue weighted by Crippen LogP contribution is -2.43. The highest BCUT2D eigenvalue weighted by Gasteiger charge is 2.28. The van der Waals surface area contributed by atoms with E-state index < -0.39 is 0 Å². The molecule has 1 atom stereocenters. The molecule has 1 fully saturated rings. The molecule has 1 heterocycles. The van der Waals surface area contributed by atoms with Crippen LogP contribution in [0.4, 0.5) is 0 Å². The molecule has 0 saturated carbocycles. The Balaban J connectivity index is 2.10. The highest BCUT2D eigenvalue weighted by molar-refractivity contribution is 5.77. The number of carbonyl (C=O) groups excluding carboxylic acids is 1. The third-order valence-electron chi connectivity index (χ3n) is 3.98. The molecule has 0 aromatic heterocycles. The van der Waals surface area contributed by atoms with Crippen molar-refractivity contribution in [3.8, 4) is 0 Å². The molecule has 1 aliphatic rings. The standard InChI is InChI=1S/C16H25N3O/c1-2-15-13-18(11-9-17)10-8-16(20)19(15)12-14-6-4-3-5-7-14/h3-7,15H,2,8-13,17H2,1H3. The Hall–Kier alpha value is -1.39. The molecule has 2 rings (SSSR count). The summed E-state index contributed by atoms with van der Waals surface area (Å²) in [5, 5.41) is 0. The van der Waals surface area contributed by atoms with Crippen molar-refractivity contribution in [3.05, 3.63) is 35.9 Å². The van der Waals surface area contributed by atoms with E-state index in [4.69, 9.17) is 5.73 Å². The number of hydrogen-bond acceptors (Lipinski definition) is 3. The maximum Gasteiger partial charge on any atom is 0.224 e. The first-order chi connectivity index (χ1) is 9.74.